The van der Waals surface area contributed by atoms with Crippen LogP contribution in [-0.2, 0) is 4.74 Å². The highest BCUT2D eigenvalue weighted by Gasteiger charge is 2.33. The Morgan fingerprint density at radius 2 is 2.40 bits per heavy atom. The summed E-state index contributed by atoms with van der Waals surface area (Å²) in [5.41, 5.74) is 0.491. The topological polar surface area (TPSA) is 24.5 Å². The highest BCUT2D eigenvalue weighted by Crippen LogP contribution is 2.27. The van der Waals surface area contributed by atoms with Gasteiger partial charge in [0.2, 0.25) is 0 Å². The van der Waals surface area contributed by atoms with Gasteiger partial charge in [0.05, 0.1) is 13.2 Å². The summed E-state index contributed by atoms with van der Waals surface area (Å²) in [5.74, 6) is 0. The first kappa shape index (κ1) is 11.4. The lowest BCUT2D eigenvalue weighted by atomic mass is 9.88. The number of hydrogen-bond acceptors (Lipinski definition) is 3. The minimum absolute atomic E-state index is 0.491. The lowest BCUT2D eigenvalue weighted by Crippen LogP contribution is -2.49. The summed E-state index contributed by atoms with van der Waals surface area (Å²) in [7, 11) is 0. The third-order valence-electron chi connectivity index (χ3n) is 3.86. The maximum atomic E-state index is 5.54. The van der Waals surface area contributed by atoms with E-state index >= 15 is 0 Å². The van der Waals surface area contributed by atoms with Crippen molar-refractivity contribution in [2.24, 2.45) is 5.41 Å². The van der Waals surface area contributed by atoms with Crippen molar-refractivity contribution in [2.45, 2.75) is 32.7 Å². The van der Waals surface area contributed by atoms with Crippen LogP contribution in [0.2, 0.25) is 0 Å². The molecule has 0 aromatic rings. The SMILES string of the molecule is CCC1COCCN1CC1(C)CCNC1. The third-order valence-corrected chi connectivity index (χ3v) is 3.86. The average Bonchev–Trinajstić information content (AvgIpc) is 2.66. The quantitative estimate of drug-likeness (QED) is 0.758. The van der Waals surface area contributed by atoms with Gasteiger partial charge in [0.15, 0.2) is 0 Å². The molecule has 2 rings (SSSR count). The lowest BCUT2D eigenvalue weighted by Gasteiger charge is -2.39. The van der Waals surface area contributed by atoms with Gasteiger partial charge in [0.25, 0.3) is 0 Å². The van der Waals surface area contributed by atoms with Gasteiger partial charge in [-0.15, -0.1) is 0 Å². The molecule has 0 spiro atoms. The Balaban J connectivity index is 1.90. The van der Waals surface area contributed by atoms with E-state index in [9.17, 15) is 0 Å². The van der Waals surface area contributed by atoms with Gasteiger partial charge in [-0.2, -0.15) is 0 Å². The molecule has 2 atom stereocenters. The molecular formula is C12H24N2O. The van der Waals surface area contributed by atoms with Crippen molar-refractivity contribution >= 4 is 0 Å². The minimum Gasteiger partial charge on any atom is -0.378 e. The van der Waals surface area contributed by atoms with Crippen LogP contribution in [0.4, 0.5) is 0 Å². The summed E-state index contributed by atoms with van der Waals surface area (Å²) < 4.78 is 5.54. The largest absolute Gasteiger partial charge is 0.378 e. The van der Waals surface area contributed by atoms with Crippen LogP contribution in [-0.4, -0.2) is 50.3 Å². The molecule has 0 amide bonds. The van der Waals surface area contributed by atoms with Crippen LogP contribution >= 0.6 is 0 Å². The number of nitrogens with zero attached hydrogens (tertiary/aromatic N) is 1. The second-order valence-corrected chi connectivity index (χ2v) is 5.34. The van der Waals surface area contributed by atoms with Crippen molar-refractivity contribution in [3.63, 3.8) is 0 Å². The van der Waals surface area contributed by atoms with Crippen molar-refractivity contribution in [1.82, 2.24) is 10.2 Å². The van der Waals surface area contributed by atoms with Crippen LogP contribution in [0.15, 0.2) is 0 Å². The van der Waals surface area contributed by atoms with Crippen molar-refractivity contribution in [2.75, 3.05) is 39.4 Å². The first-order chi connectivity index (χ1) is 7.23. The summed E-state index contributed by atoms with van der Waals surface area (Å²) in [6, 6.07) is 0.649. The van der Waals surface area contributed by atoms with Gasteiger partial charge < -0.3 is 10.1 Å². The smallest absolute Gasteiger partial charge is 0.0622 e. The Bertz CT molecular complexity index is 202. The van der Waals surface area contributed by atoms with Gasteiger partial charge >= 0.3 is 0 Å². The maximum absolute atomic E-state index is 5.54. The van der Waals surface area contributed by atoms with Gasteiger partial charge in [-0.25, -0.2) is 0 Å². The summed E-state index contributed by atoms with van der Waals surface area (Å²) >= 11 is 0. The first-order valence-corrected chi connectivity index (χ1v) is 6.26. The number of ether oxygens (including phenoxy) is 1. The molecule has 2 aliphatic rings. The Hall–Kier alpha value is -0.120. The fourth-order valence-electron chi connectivity index (χ4n) is 2.77. The average molecular weight is 212 g/mol. The van der Waals surface area contributed by atoms with Crippen LogP contribution in [0.25, 0.3) is 0 Å². The zero-order chi connectivity index (χ0) is 10.7. The Labute approximate surface area is 93.2 Å². The monoisotopic (exact) mass is 212 g/mol. The minimum atomic E-state index is 0.491. The van der Waals surface area contributed by atoms with Gasteiger partial charge in [0, 0.05) is 25.7 Å². The highest BCUT2D eigenvalue weighted by molar-refractivity contribution is 4.89. The normalized spacial score (nSPS) is 38.4. The van der Waals surface area contributed by atoms with Crippen molar-refractivity contribution in [1.29, 1.82) is 0 Å². The zero-order valence-electron chi connectivity index (χ0n) is 10.1. The highest BCUT2D eigenvalue weighted by atomic mass is 16.5. The Morgan fingerprint density at radius 1 is 1.53 bits per heavy atom. The van der Waals surface area contributed by atoms with E-state index in [1.54, 1.807) is 0 Å². The Kier molecular flexibility index (Phi) is 3.65. The lowest BCUT2D eigenvalue weighted by molar-refractivity contribution is -0.0236. The Morgan fingerprint density at radius 3 is 3.07 bits per heavy atom. The predicted octanol–water partition coefficient (Wildman–Crippen LogP) is 1.10. The molecule has 3 nitrogen and oxygen atoms in total. The molecule has 88 valence electrons. The zero-order valence-corrected chi connectivity index (χ0v) is 10.1. The second-order valence-electron chi connectivity index (χ2n) is 5.34. The van der Waals surface area contributed by atoms with E-state index in [-0.39, 0.29) is 0 Å². The molecule has 0 radical (unpaired) electrons. The summed E-state index contributed by atoms with van der Waals surface area (Å²) in [6.07, 6.45) is 2.53. The first-order valence-electron chi connectivity index (χ1n) is 6.26. The van der Waals surface area contributed by atoms with Crippen LogP contribution in [0, 0.1) is 5.41 Å². The summed E-state index contributed by atoms with van der Waals surface area (Å²) in [4.78, 5) is 2.64. The molecule has 2 fully saturated rings. The molecule has 0 bridgehead atoms. The number of hydrogen-bond donors (Lipinski definition) is 1. The number of morpholine rings is 1. The third kappa shape index (κ3) is 2.71. The molecule has 0 aromatic heterocycles. The molecule has 0 aliphatic carbocycles. The molecule has 0 saturated carbocycles. The van der Waals surface area contributed by atoms with E-state index in [2.05, 4.69) is 24.1 Å². The van der Waals surface area contributed by atoms with Crippen LogP contribution in [0.5, 0.6) is 0 Å². The van der Waals surface area contributed by atoms with E-state index < -0.39 is 0 Å². The van der Waals surface area contributed by atoms with Crippen molar-refractivity contribution in [3.05, 3.63) is 0 Å². The van der Waals surface area contributed by atoms with Crippen LogP contribution < -0.4 is 5.32 Å². The summed E-state index contributed by atoms with van der Waals surface area (Å²) in [5, 5.41) is 3.48. The van der Waals surface area contributed by atoms with Gasteiger partial charge in [-0.05, 0) is 24.8 Å². The number of nitrogens with one attached hydrogen (secondary N) is 1. The van der Waals surface area contributed by atoms with Gasteiger partial charge in [-0.1, -0.05) is 13.8 Å². The van der Waals surface area contributed by atoms with Crippen molar-refractivity contribution in [3.8, 4) is 0 Å². The fourth-order valence-corrected chi connectivity index (χ4v) is 2.77. The van der Waals surface area contributed by atoms with E-state index in [0.717, 1.165) is 19.8 Å². The molecule has 2 heterocycles. The second kappa shape index (κ2) is 4.81. The molecule has 2 aliphatic heterocycles. The summed E-state index contributed by atoms with van der Waals surface area (Å²) in [6.45, 7) is 11.3. The van der Waals surface area contributed by atoms with E-state index in [0.29, 0.717) is 11.5 Å². The van der Waals surface area contributed by atoms with Crippen molar-refractivity contribution < 1.29 is 4.74 Å². The van der Waals surface area contributed by atoms with E-state index in [4.69, 9.17) is 4.74 Å². The van der Waals surface area contributed by atoms with Gasteiger partial charge in [0.1, 0.15) is 0 Å². The molecule has 2 saturated heterocycles. The standard InChI is InChI=1S/C12H24N2O/c1-3-11-8-15-7-6-14(11)10-12(2)4-5-13-9-12/h11,13H,3-10H2,1-2H3. The molecular weight excluding hydrogens is 188 g/mol. The molecule has 15 heavy (non-hydrogen) atoms. The fraction of sp³-hybridized carbons (Fsp3) is 1.00. The van der Waals surface area contributed by atoms with E-state index in [1.165, 1.54) is 32.5 Å². The maximum Gasteiger partial charge on any atom is 0.0622 e. The van der Waals surface area contributed by atoms with E-state index in [1.807, 2.05) is 0 Å². The number of rotatable bonds is 3. The molecule has 0 aromatic carbocycles. The van der Waals surface area contributed by atoms with Gasteiger partial charge in [-0.3, -0.25) is 4.90 Å². The van der Waals surface area contributed by atoms with Crippen LogP contribution in [0.1, 0.15) is 26.7 Å². The molecule has 3 heteroatoms. The molecule has 1 N–H and O–H groups in total. The molecule has 2 unspecified atom stereocenters. The van der Waals surface area contributed by atoms with Crippen LogP contribution in [0.3, 0.4) is 0 Å². The predicted molar refractivity (Wildman–Crippen MR) is 62.1 cm³/mol.